The van der Waals surface area contributed by atoms with Crippen LogP contribution in [0.3, 0.4) is 0 Å². The summed E-state index contributed by atoms with van der Waals surface area (Å²) in [6.07, 6.45) is 0.0367. The van der Waals surface area contributed by atoms with Crippen molar-refractivity contribution in [1.82, 2.24) is 5.32 Å². The molecule has 122 valence electrons. The van der Waals surface area contributed by atoms with Crippen molar-refractivity contribution in [2.75, 3.05) is 29.5 Å². The highest BCUT2D eigenvalue weighted by atomic mass is 32.2. The Hall–Kier alpha value is -2.02. The summed E-state index contributed by atoms with van der Waals surface area (Å²) in [7, 11) is 0. The van der Waals surface area contributed by atoms with Gasteiger partial charge >= 0.3 is 6.09 Å². The molecule has 2 heterocycles. The van der Waals surface area contributed by atoms with Gasteiger partial charge in [-0.15, -0.1) is 0 Å². The van der Waals surface area contributed by atoms with Crippen LogP contribution in [0.4, 0.5) is 10.5 Å². The molecule has 7 heteroatoms. The summed E-state index contributed by atoms with van der Waals surface area (Å²) in [6, 6.07) is 5.49. The number of nitrogens with zero attached hydrogens (tertiary/aromatic N) is 1. The third kappa shape index (κ3) is 3.50. The summed E-state index contributed by atoms with van der Waals surface area (Å²) in [5.74, 6) is 1.40. The molecule has 1 N–H and O–H groups in total. The molecule has 0 saturated carbocycles. The van der Waals surface area contributed by atoms with Crippen LogP contribution in [0.1, 0.15) is 22.8 Å². The van der Waals surface area contributed by atoms with Gasteiger partial charge in [0.05, 0.1) is 18.8 Å². The van der Waals surface area contributed by atoms with Crippen molar-refractivity contribution in [3.05, 3.63) is 29.3 Å². The number of anilines is 1. The molecule has 1 aromatic rings. The van der Waals surface area contributed by atoms with Crippen LogP contribution in [0, 0.1) is 0 Å². The average molecular weight is 334 g/mol. The summed E-state index contributed by atoms with van der Waals surface area (Å²) >= 11 is 1.63. The van der Waals surface area contributed by atoms with Gasteiger partial charge in [0.25, 0.3) is 0 Å². The predicted molar refractivity (Wildman–Crippen MR) is 88.1 cm³/mol. The van der Waals surface area contributed by atoms with Crippen molar-refractivity contribution in [1.29, 1.82) is 0 Å². The summed E-state index contributed by atoms with van der Waals surface area (Å²) in [5, 5.41) is 2.65. The van der Waals surface area contributed by atoms with Gasteiger partial charge < -0.3 is 10.1 Å². The number of aryl methyl sites for hydroxylation is 1. The molecule has 0 aromatic heterocycles. The molecule has 23 heavy (non-hydrogen) atoms. The molecule has 1 aromatic carbocycles. The van der Waals surface area contributed by atoms with Crippen LogP contribution >= 0.6 is 11.8 Å². The lowest BCUT2D eigenvalue weighted by molar-refractivity contribution is -0.119. The van der Waals surface area contributed by atoms with E-state index >= 15 is 0 Å². The Labute approximate surface area is 138 Å². The molecule has 1 unspecified atom stereocenters. The molecule has 0 aliphatic carbocycles. The summed E-state index contributed by atoms with van der Waals surface area (Å²) in [6.45, 7) is 2.12. The number of thioether (sulfide) groups is 1. The van der Waals surface area contributed by atoms with Gasteiger partial charge in [-0.1, -0.05) is 0 Å². The van der Waals surface area contributed by atoms with Crippen LogP contribution in [-0.2, 0) is 16.0 Å². The van der Waals surface area contributed by atoms with Crippen molar-refractivity contribution in [3.63, 3.8) is 0 Å². The fraction of sp³-hybridized carbons (Fsp3) is 0.438. The highest BCUT2D eigenvalue weighted by Gasteiger charge is 2.32. The molecule has 1 fully saturated rings. The maximum Gasteiger partial charge on any atom is 0.414 e. The Bertz CT molecular complexity index is 661. The monoisotopic (exact) mass is 334 g/mol. The number of carbonyl (C=O) groups is 3. The first-order valence-electron chi connectivity index (χ1n) is 7.51. The molecule has 2 aliphatic heterocycles. The smallest absolute Gasteiger partial charge is 0.414 e. The van der Waals surface area contributed by atoms with E-state index in [1.165, 1.54) is 6.92 Å². The number of rotatable bonds is 3. The van der Waals surface area contributed by atoms with E-state index in [1.54, 1.807) is 28.8 Å². The topological polar surface area (TPSA) is 75.7 Å². The largest absolute Gasteiger partial charge is 0.442 e. The number of ether oxygens (including phenoxy) is 1. The minimum atomic E-state index is -0.422. The lowest BCUT2D eigenvalue weighted by Crippen LogP contribution is -2.33. The van der Waals surface area contributed by atoms with Crippen molar-refractivity contribution in [2.45, 2.75) is 19.4 Å². The standard InChI is InChI=1S/C16H18N2O4S/c1-10(19)17-7-13-8-18(16(21)22-13)12-2-3-14-11(6-12)4-5-23-9-15(14)20/h2-3,6,13H,4-5,7-9H2,1H3,(H,17,19). The second-order valence-electron chi connectivity index (χ2n) is 5.62. The normalized spacial score (nSPS) is 20.7. The van der Waals surface area contributed by atoms with Crippen LogP contribution < -0.4 is 10.2 Å². The lowest BCUT2D eigenvalue weighted by atomic mass is 10.0. The maximum absolute atomic E-state index is 12.1. The lowest BCUT2D eigenvalue weighted by Gasteiger charge is -2.15. The number of nitrogens with one attached hydrogen (secondary N) is 1. The van der Waals surface area contributed by atoms with Crippen molar-refractivity contribution in [3.8, 4) is 0 Å². The Balaban J connectivity index is 1.77. The average Bonchev–Trinajstić information content (AvgIpc) is 2.79. The minimum absolute atomic E-state index is 0.140. The number of fused-ring (bicyclic) bond motifs is 1. The molecule has 0 bridgehead atoms. The Morgan fingerprint density at radius 1 is 1.43 bits per heavy atom. The van der Waals surface area contributed by atoms with Gasteiger partial charge in [0, 0.05) is 18.2 Å². The number of carbonyl (C=O) groups excluding carboxylic acids is 3. The molecule has 0 radical (unpaired) electrons. The van der Waals surface area contributed by atoms with E-state index in [2.05, 4.69) is 5.32 Å². The fourth-order valence-corrected chi connectivity index (χ4v) is 3.60. The number of hydrogen-bond donors (Lipinski definition) is 1. The third-order valence-corrected chi connectivity index (χ3v) is 4.86. The molecule has 3 rings (SSSR count). The molecule has 0 spiro atoms. The summed E-state index contributed by atoms with van der Waals surface area (Å²) in [4.78, 5) is 36.6. The van der Waals surface area contributed by atoms with Crippen LogP contribution in [0.15, 0.2) is 18.2 Å². The van der Waals surface area contributed by atoms with E-state index in [1.807, 2.05) is 6.07 Å². The summed E-state index contributed by atoms with van der Waals surface area (Å²) in [5.41, 5.74) is 2.47. The van der Waals surface area contributed by atoms with Gasteiger partial charge in [0.15, 0.2) is 5.78 Å². The van der Waals surface area contributed by atoms with Gasteiger partial charge in [-0.05, 0) is 35.9 Å². The number of amides is 2. The quantitative estimate of drug-likeness (QED) is 0.909. The van der Waals surface area contributed by atoms with Gasteiger partial charge in [0.1, 0.15) is 6.10 Å². The minimum Gasteiger partial charge on any atom is -0.442 e. The maximum atomic E-state index is 12.1. The fourth-order valence-electron chi connectivity index (χ4n) is 2.75. The molecule has 1 atom stereocenters. The number of hydrogen-bond acceptors (Lipinski definition) is 5. The molecule has 1 saturated heterocycles. The second kappa shape index (κ2) is 6.62. The highest BCUT2D eigenvalue weighted by Crippen LogP contribution is 2.27. The van der Waals surface area contributed by atoms with Gasteiger partial charge in [-0.2, -0.15) is 11.8 Å². The first-order valence-corrected chi connectivity index (χ1v) is 8.66. The van der Waals surface area contributed by atoms with Crippen LogP contribution in [-0.4, -0.2) is 48.5 Å². The van der Waals surface area contributed by atoms with Crippen LogP contribution in [0.25, 0.3) is 0 Å². The van der Waals surface area contributed by atoms with E-state index < -0.39 is 6.09 Å². The highest BCUT2D eigenvalue weighted by molar-refractivity contribution is 8.00. The SMILES string of the molecule is CC(=O)NCC1CN(c2ccc3c(c2)CCSCC3=O)C(=O)O1. The van der Waals surface area contributed by atoms with E-state index in [-0.39, 0.29) is 17.8 Å². The second-order valence-corrected chi connectivity index (χ2v) is 6.73. The molecule has 2 amide bonds. The Kier molecular flexibility index (Phi) is 4.56. The number of benzene rings is 1. The van der Waals surface area contributed by atoms with E-state index in [9.17, 15) is 14.4 Å². The zero-order chi connectivity index (χ0) is 16.4. The zero-order valence-electron chi connectivity index (χ0n) is 12.8. The predicted octanol–water partition coefficient (Wildman–Crippen LogP) is 1.62. The van der Waals surface area contributed by atoms with Crippen molar-refractivity contribution >= 4 is 35.2 Å². The third-order valence-electron chi connectivity index (χ3n) is 3.90. The molecular formula is C16H18N2O4S. The van der Waals surface area contributed by atoms with Crippen molar-refractivity contribution < 1.29 is 19.1 Å². The molecular weight excluding hydrogens is 316 g/mol. The number of cyclic esters (lactones) is 1. The van der Waals surface area contributed by atoms with Crippen LogP contribution in [0.5, 0.6) is 0 Å². The first kappa shape index (κ1) is 15.9. The van der Waals surface area contributed by atoms with Gasteiger partial charge in [-0.3, -0.25) is 14.5 Å². The van der Waals surface area contributed by atoms with Gasteiger partial charge in [0.2, 0.25) is 5.91 Å². The molecule has 2 aliphatic rings. The Morgan fingerprint density at radius 2 is 2.26 bits per heavy atom. The Morgan fingerprint density at radius 3 is 3.04 bits per heavy atom. The first-order chi connectivity index (χ1) is 11.0. The van der Waals surface area contributed by atoms with E-state index in [0.717, 1.165) is 29.0 Å². The van der Waals surface area contributed by atoms with Crippen LogP contribution in [0.2, 0.25) is 0 Å². The zero-order valence-corrected chi connectivity index (χ0v) is 13.6. The van der Waals surface area contributed by atoms with E-state index in [4.69, 9.17) is 4.74 Å². The van der Waals surface area contributed by atoms with E-state index in [0.29, 0.717) is 18.8 Å². The van der Waals surface area contributed by atoms with Crippen molar-refractivity contribution in [2.24, 2.45) is 0 Å². The number of ketones is 1. The number of Topliss-reactive ketones (excluding diaryl/α,β-unsaturated/α-hetero) is 1. The summed E-state index contributed by atoms with van der Waals surface area (Å²) < 4.78 is 5.27. The van der Waals surface area contributed by atoms with Gasteiger partial charge in [-0.25, -0.2) is 4.79 Å². The molecule has 6 nitrogen and oxygen atoms in total.